The molecule has 0 radical (unpaired) electrons. The topological polar surface area (TPSA) is 39.7 Å². The Kier molecular flexibility index (Phi) is 9.03. The Morgan fingerprint density at radius 2 is 1.76 bits per heavy atom. The van der Waals surface area contributed by atoms with E-state index in [9.17, 15) is 0 Å². The molecular formula is C33H47NO3. The van der Waals surface area contributed by atoms with Gasteiger partial charge in [-0.05, 0) is 60.9 Å². The van der Waals surface area contributed by atoms with Crippen molar-refractivity contribution in [2.75, 3.05) is 18.5 Å². The van der Waals surface area contributed by atoms with Crippen molar-refractivity contribution in [3.05, 3.63) is 71.8 Å². The summed E-state index contributed by atoms with van der Waals surface area (Å²) < 4.78 is 19.4. The lowest BCUT2D eigenvalue weighted by molar-refractivity contribution is -0.158. The number of anilines is 1. The molecule has 2 aromatic rings. The fourth-order valence-electron chi connectivity index (χ4n) is 5.64. The Morgan fingerprint density at radius 3 is 2.43 bits per heavy atom. The van der Waals surface area contributed by atoms with Crippen LogP contribution in [0.1, 0.15) is 95.9 Å². The molecule has 0 aromatic heterocycles. The molecule has 4 heteroatoms. The van der Waals surface area contributed by atoms with Gasteiger partial charge in [0.25, 0.3) is 0 Å². The summed E-state index contributed by atoms with van der Waals surface area (Å²) in [5.41, 5.74) is 4.39. The van der Waals surface area contributed by atoms with E-state index in [2.05, 4.69) is 89.0 Å². The number of fused-ring (bicyclic) bond motifs is 1. The predicted octanol–water partition coefficient (Wildman–Crippen LogP) is 8.37. The lowest BCUT2D eigenvalue weighted by atomic mass is 9.86. The minimum Gasteiger partial charge on any atom is -0.485 e. The molecule has 0 spiro atoms. The summed E-state index contributed by atoms with van der Waals surface area (Å²) in [4.78, 5) is 0. The van der Waals surface area contributed by atoms with Crippen LogP contribution < -0.4 is 10.1 Å². The third-order valence-corrected chi connectivity index (χ3v) is 7.91. The van der Waals surface area contributed by atoms with Gasteiger partial charge in [0.05, 0.1) is 6.61 Å². The largest absolute Gasteiger partial charge is 0.485 e. The molecular weight excluding hydrogens is 458 g/mol. The van der Waals surface area contributed by atoms with Gasteiger partial charge >= 0.3 is 0 Å². The molecule has 2 aromatic carbocycles. The van der Waals surface area contributed by atoms with Crippen molar-refractivity contribution >= 4 is 5.69 Å². The molecule has 0 bridgehead atoms. The molecule has 1 saturated carbocycles. The van der Waals surface area contributed by atoms with Crippen LogP contribution in [0.4, 0.5) is 5.69 Å². The molecule has 4 nitrogen and oxygen atoms in total. The van der Waals surface area contributed by atoms with Gasteiger partial charge in [-0.25, -0.2) is 0 Å². The fraction of sp³-hybridized carbons (Fsp3) is 0.576. The molecule has 1 fully saturated rings. The van der Waals surface area contributed by atoms with Crippen LogP contribution >= 0.6 is 0 Å². The van der Waals surface area contributed by atoms with Crippen molar-refractivity contribution in [2.24, 2.45) is 5.92 Å². The van der Waals surface area contributed by atoms with E-state index in [0.717, 1.165) is 42.5 Å². The van der Waals surface area contributed by atoms with Gasteiger partial charge < -0.3 is 19.5 Å². The van der Waals surface area contributed by atoms with Crippen LogP contribution in [-0.2, 0) is 21.4 Å². The SMILES string of the molecule is C=CCOC1C(OCCC2CCCCC2)c2cc(NCc3ccc(C(C)(C)C)cc3)ccc2OC1(C)C. The Labute approximate surface area is 224 Å². The predicted molar refractivity (Wildman–Crippen MR) is 153 cm³/mol. The first-order valence-corrected chi connectivity index (χ1v) is 14.2. The molecule has 2 unspecified atom stereocenters. The van der Waals surface area contributed by atoms with Crippen molar-refractivity contribution in [2.45, 2.75) is 103 Å². The van der Waals surface area contributed by atoms with Crippen LogP contribution in [0.2, 0.25) is 0 Å². The number of ether oxygens (including phenoxy) is 3. The highest BCUT2D eigenvalue weighted by molar-refractivity contribution is 5.54. The lowest BCUT2D eigenvalue weighted by Gasteiger charge is -2.44. The monoisotopic (exact) mass is 505 g/mol. The summed E-state index contributed by atoms with van der Waals surface area (Å²) >= 11 is 0. The number of hydrogen-bond donors (Lipinski definition) is 1. The highest BCUT2D eigenvalue weighted by Gasteiger charge is 2.45. The van der Waals surface area contributed by atoms with E-state index in [4.69, 9.17) is 14.2 Å². The number of benzene rings is 2. The van der Waals surface area contributed by atoms with Crippen LogP contribution in [0.25, 0.3) is 0 Å². The van der Waals surface area contributed by atoms with Crippen LogP contribution in [0, 0.1) is 5.92 Å². The second-order valence-electron chi connectivity index (χ2n) is 12.4. The average molecular weight is 506 g/mol. The first-order chi connectivity index (χ1) is 17.7. The zero-order chi connectivity index (χ0) is 26.5. The second kappa shape index (κ2) is 12.0. The van der Waals surface area contributed by atoms with Crippen LogP contribution in [0.3, 0.4) is 0 Å². The summed E-state index contributed by atoms with van der Waals surface area (Å²) in [5, 5.41) is 3.61. The molecule has 0 amide bonds. The normalized spacial score (nSPS) is 21.6. The van der Waals surface area contributed by atoms with E-state index in [1.807, 2.05) is 0 Å². The second-order valence-corrected chi connectivity index (χ2v) is 12.4. The zero-order valence-corrected chi connectivity index (χ0v) is 23.6. The molecule has 202 valence electrons. The third-order valence-electron chi connectivity index (χ3n) is 7.91. The lowest BCUT2D eigenvalue weighted by Crippen LogP contribution is -2.51. The van der Waals surface area contributed by atoms with Gasteiger partial charge in [0.2, 0.25) is 0 Å². The first kappa shape index (κ1) is 27.7. The van der Waals surface area contributed by atoms with E-state index in [-0.39, 0.29) is 17.6 Å². The van der Waals surface area contributed by atoms with Gasteiger partial charge in [0.15, 0.2) is 0 Å². The van der Waals surface area contributed by atoms with E-state index in [1.165, 1.54) is 43.2 Å². The summed E-state index contributed by atoms with van der Waals surface area (Å²) in [6.07, 6.45) is 9.28. The number of hydrogen-bond acceptors (Lipinski definition) is 4. The van der Waals surface area contributed by atoms with Crippen molar-refractivity contribution in [1.82, 2.24) is 0 Å². The van der Waals surface area contributed by atoms with Crippen molar-refractivity contribution in [3.63, 3.8) is 0 Å². The first-order valence-electron chi connectivity index (χ1n) is 14.2. The Bertz CT molecular complexity index is 1010. The molecule has 1 aliphatic carbocycles. The minimum absolute atomic E-state index is 0.161. The van der Waals surface area contributed by atoms with Gasteiger partial charge in [0, 0.05) is 24.4 Å². The van der Waals surface area contributed by atoms with E-state index in [1.54, 1.807) is 6.08 Å². The van der Waals surface area contributed by atoms with Gasteiger partial charge in [0.1, 0.15) is 23.6 Å². The van der Waals surface area contributed by atoms with E-state index >= 15 is 0 Å². The quantitative estimate of drug-likeness (QED) is 0.329. The summed E-state index contributed by atoms with van der Waals surface area (Å²) in [5.74, 6) is 1.66. The van der Waals surface area contributed by atoms with Crippen LogP contribution in [0.5, 0.6) is 5.75 Å². The molecule has 0 saturated heterocycles. The summed E-state index contributed by atoms with van der Waals surface area (Å²) in [6.45, 7) is 16.8. The number of nitrogens with one attached hydrogen (secondary N) is 1. The van der Waals surface area contributed by atoms with Crippen LogP contribution in [0.15, 0.2) is 55.1 Å². The third kappa shape index (κ3) is 7.18. The Balaban J connectivity index is 1.50. The fourth-order valence-corrected chi connectivity index (χ4v) is 5.64. The zero-order valence-electron chi connectivity index (χ0n) is 23.6. The minimum atomic E-state index is -0.505. The van der Waals surface area contributed by atoms with Gasteiger partial charge in [-0.2, -0.15) is 0 Å². The Morgan fingerprint density at radius 1 is 1.03 bits per heavy atom. The smallest absolute Gasteiger partial charge is 0.132 e. The van der Waals surface area contributed by atoms with Gasteiger partial charge in [-0.1, -0.05) is 83.2 Å². The summed E-state index contributed by atoms with van der Waals surface area (Å²) in [7, 11) is 0. The molecule has 1 aliphatic heterocycles. The summed E-state index contributed by atoms with van der Waals surface area (Å²) in [6, 6.07) is 15.3. The van der Waals surface area contributed by atoms with Crippen molar-refractivity contribution in [1.29, 1.82) is 0 Å². The molecule has 1 N–H and O–H groups in total. The van der Waals surface area contributed by atoms with E-state index in [0.29, 0.717) is 6.61 Å². The standard InChI is InChI=1S/C33H47NO3/c1-7-20-36-31-30(35-21-19-24-11-9-8-10-12-24)28-22-27(17-18-29(28)37-33(31,5)6)34-23-25-13-15-26(16-14-25)32(2,3)4/h7,13-18,22,24,30-31,34H,1,8-12,19-21,23H2,2-6H3. The molecule has 1 heterocycles. The average Bonchev–Trinajstić information content (AvgIpc) is 2.87. The molecule has 2 atom stereocenters. The van der Waals surface area contributed by atoms with E-state index < -0.39 is 5.60 Å². The Hall–Kier alpha value is -2.30. The van der Waals surface area contributed by atoms with Crippen molar-refractivity contribution < 1.29 is 14.2 Å². The number of rotatable bonds is 10. The van der Waals surface area contributed by atoms with Gasteiger partial charge in [-0.15, -0.1) is 6.58 Å². The van der Waals surface area contributed by atoms with Crippen LogP contribution in [-0.4, -0.2) is 24.9 Å². The maximum Gasteiger partial charge on any atom is 0.132 e. The molecule has 37 heavy (non-hydrogen) atoms. The maximum atomic E-state index is 6.65. The maximum absolute atomic E-state index is 6.65. The molecule has 2 aliphatic rings. The molecule has 4 rings (SSSR count). The van der Waals surface area contributed by atoms with Gasteiger partial charge in [-0.3, -0.25) is 0 Å². The highest BCUT2D eigenvalue weighted by Crippen LogP contribution is 2.44. The van der Waals surface area contributed by atoms with Crippen molar-refractivity contribution in [3.8, 4) is 5.75 Å². The highest BCUT2D eigenvalue weighted by atomic mass is 16.6.